The van der Waals surface area contributed by atoms with Gasteiger partial charge < -0.3 is 9.47 Å². The van der Waals surface area contributed by atoms with Crippen molar-refractivity contribution in [2.45, 2.75) is 13.3 Å². The van der Waals surface area contributed by atoms with E-state index in [0.29, 0.717) is 27.5 Å². The molecular weight excluding hydrogens is 414 g/mol. The number of ether oxygens (including phenoxy) is 2. The van der Waals surface area contributed by atoms with E-state index in [-0.39, 0.29) is 6.79 Å². The van der Waals surface area contributed by atoms with E-state index in [1.54, 1.807) is 6.07 Å². The van der Waals surface area contributed by atoms with Crippen LogP contribution in [0, 0.1) is 3.57 Å². The fourth-order valence-electron chi connectivity index (χ4n) is 1.92. The molecule has 0 amide bonds. The molecule has 1 aromatic carbocycles. The Morgan fingerprint density at radius 2 is 2.05 bits per heavy atom. The lowest BCUT2D eigenvalue weighted by Gasteiger charge is -2.08. The highest BCUT2D eigenvalue weighted by atomic mass is 127. The van der Waals surface area contributed by atoms with Crippen molar-refractivity contribution >= 4 is 45.8 Å². The third kappa shape index (κ3) is 2.42. The number of aryl methyl sites for hydroxylation is 1. The normalized spacial score (nSPS) is 12.8. The predicted octanol–water partition coefficient (Wildman–Crippen LogP) is 4.35. The van der Waals surface area contributed by atoms with Crippen LogP contribution in [0.5, 0.6) is 11.5 Å². The molecule has 0 fully saturated rings. The van der Waals surface area contributed by atoms with Gasteiger partial charge in [-0.05, 0) is 41.1 Å². The van der Waals surface area contributed by atoms with Gasteiger partial charge in [0.15, 0.2) is 17.3 Å². The molecule has 1 aromatic heterocycles. The Morgan fingerprint density at radius 3 is 2.80 bits per heavy atom. The fraction of sp³-hybridized carbons (Fsp3) is 0.231. The number of aromatic nitrogens is 2. The maximum absolute atomic E-state index is 6.17. The maximum atomic E-state index is 6.17. The van der Waals surface area contributed by atoms with Crippen molar-refractivity contribution < 1.29 is 9.47 Å². The molecule has 0 saturated heterocycles. The van der Waals surface area contributed by atoms with Crippen LogP contribution in [0.3, 0.4) is 0 Å². The zero-order chi connectivity index (χ0) is 14.3. The number of halogens is 3. The van der Waals surface area contributed by atoms with Crippen molar-refractivity contribution in [3.05, 3.63) is 31.6 Å². The Labute approximate surface area is 139 Å². The average Bonchev–Trinajstić information content (AvgIpc) is 2.90. The number of hydrogen-bond donors (Lipinski definition) is 0. The summed E-state index contributed by atoms with van der Waals surface area (Å²) < 4.78 is 11.5. The Morgan fingerprint density at radius 1 is 1.25 bits per heavy atom. The Kier molecular flexibility index (Phi) is 3.92. The predicted molar refractivity (Wildman–Crippen MR) is 85.7 cm³/mol. The largest absolute Gasteiger partial charge is 0.454 e. The fourth-order valence-corrected chi connectivity index (χ4v) is 3.00. The molecule has 2 aromatic rings. The molecule has 0 bridgehead atoms. The standard InChI is InChI=1S/C13H9Cl2IN2O2/c1-2-8-10(16)12(15)18-13(17-8)6-3-7(14)11-9(4-6)19-5-20-11/h3-4H,2,5H2,1H3. The molecule has 0 spiro atoms. The summed E-state index contributed by atoms with van der Waals surface area (Å²) in [6.45, 7) is 2.20. The minimum atomic E-state index is 0.174. The van der Waals surface area contributed by atoms with Crippen LogP contribution in [0.2, 0.25) is 10.2 Å². The van der Waals surface area contributed by atoms with Crippen molar-refractivity contribution in [3.63, 3.8) is 0 Å². The average molecular weight is 423 g/mol. The highest BCUT2D eigenvalue weighted by Gasteiger charge is 2.20. The quantitative estimate of drug-likeness (QED) is 0.533. The van der Waals surface area contributed by atoms with Gasteiger partial charge in [-0.15, -0.1) is 0 Å². The Balaban J connectivity index is 2.14. The monoisotopic (exact) mass is 422 g/mol. The third-order valence-electron chi connectivity index (χ3n) is 2.90. The molecule has 4 nitrogen and oxygen atoms in total. The molecule has 0 N–H and O–H groups in total. The molecule has 20 heavy (non-hydrogen) atoms. The summed E-state index contributed by atoms with van der Waals surface area (Å²) in [4.78, 5) is 8.84. The minimum Gasteiger partial charge on any atom is -0.454 e. The molecule has 0 radical (unpaired) electrons. The summed E-state index contributed by atoms with van der Waals surface area (Å²) in [6, 6.07) is 3.57. The lowest BCUT2D eigenvalue weighted by molar-refractivity contribution is 0.174. The van der Waals surface area contributed by atoms with Crippen LogP contribution in [-0.2, 0) is 6.42 Å². The van der Waals surface area contributed by atoms with E-state index in [9.17, 15) is 0 Å². The van der Waals surface area contributed by atoms with Gasteiger partial charge >= 0.3 is 0 Å². The van der Waals surface area contributed by atoms with E-state index in [0.717, 1.165) is 21.2 Å². The lowest BCUT2D eigenvalue weighted by atomic mass is 10.2. The van der Waals surface area contributed by atoms with Gasteiger partial charge in [-0.2, -0.15) is 0 Å². The zero-order valence-electron chi connectivity index (χ0n) is 10.4. The zero-order valence-corrected chi connectivity index (χ0v) is 14.1. The van der Waals surface area contributed by atoms with E-state index in [1.807, 2.05) is 13.0 Å². The lowest BCUT2D eigenvalue weighted by Crippen LogP contribution is -1.99. The van der Waals surface area contributed by atoms with E-state index < -0.39 is 0 Å². The SMILES string of the molecule is CCc1nc(-c2cc(Cl)c3c(c2)OCO3)nc(Cl)c1I. The van der Waals surface area contributed by atoms with Crippen molar-refractivity contribution in [1.29, 1.82) is 0 Å². The Hall–Kier alpha value is -0.790. The summed E-state index contributed by atoms with van der Waals surface area (Å²) in [5.41, 5.74) is 1.67. The first-order chi connectivity index (χ1) is 9.60. The molecule has 0 atom stereocenters. The van der Waals surface area contributed by atoms with Gasteiger partial charge in [0.25, 0.3) is 0 Å². The second kappa shape index (κ2) is 5.54. The number of rotatable bonds is 2. The highest BCUT2D eigenvalue weighted by molar-refractivity contribution is 14.1. The second-order valence-electron chi connectivity index (χ2n) is 4.14. The van der Waals surface area contributed by atoms with E-state index in [1.165, 1.54) is 0 Å². The summed E-state index contributed by atoms with van der Waals surface area (Å²) >= 11 is 14.5. The number of fused-ring (bicyclic) bond motifs is 1. The van der Waals surface area contributed by atoms with Crippen molar-refractivity contribution in [1.82, 2.24) is 9.97 Å². The van der Waals surface area contributed by atoms with Gasteiger partial charge in [-0.25, -0.2) is 9.97 Å². The molecule has 1 aliphatic heterocycles. The third-order valence-corrected chi connectivity index (χ3v) is 4.91. The van der Waals surface area contributed by atoms with Crippen LogP contribution in [-0.4, -0.2) is 16.8 Å². The molecular formula is C13H9Cl2IN2O2. The second-order valence-corrected chi connectivity index (χ2v) is 5.99. The summed E-state index contributed by atoms with van der Waals surface area (Å²) in [5.74, 6) is 1.69. The summed E-state index contributed by atoms with van der Waals surface area (Å²) in [5, 5.41) is 0.924. The van der Waals surface area contributed by atoms with Gasteiger partial charge in [0, 0.05) is 5.56 Å². The minimum absolute atomic E-state index is 0.174. The van der Waals surface area contributed by atoms with E-state index in [2.05, 4.69) is 32.6 Å². The van der Waals surface area contributed by atoms with Crippen molar-refractivity contribution in [2.24, 2.45) is 0 Å². The molecule has 0 unspecified atom stereocenters. The highest BCUT2D eigenvalue weighted by Crippen LogP contribution is 2.42. The number of nitrogens with zero attached hydrogens (tertiary/aromatic N) is 2. The summed E-state index contributed by atoms with van der Waals surface area (Å²) in [7, 11) is 0. The molecule has 2 heterocycles. The first-order valence-corrected chi connectivity index (χ1v) is 7.75. The van der Waals surface area contributed by atoms with E-state index in [4.69, 9.17) is 32.7 Å². The van der Waals surface area contributed by atoms with Gasteiger partial charge in [-0.3, -0.25) is 0 Å². The van der Waals surface area contributed by atoms with Crippen LogP contribution in [0.1, 0.15) is 12.6 Å². The van der Waals surface area contributed by atoms with Crippen LogP contribution < -0.4 is 9.47 Å². The molecule has 7 heteroatoms. The van der Waals surface area contributed by atoms with Crippen molar-refractivity contribution in [3.8, 4) is 22.9 Å². The van der Waals surface area contributed by atoms with Gasteiger partial charge in [0.1, 0.15) is 5.15 Å². The van der Waals surface area contributed by atoms with E-state index >= 15 is 0 Å². The molecule has 0 aliphatic carbocycles. The molecule has 3 rings (SSSR count). The van der Waals surface area contributed by atoms with Gasteiger partial charge in [0.05, 0.1) is 14.3 Å². The number of hydrogen-bond acceptors (Lipinski definition) is 4. The number of benzene rings is 1. The summed E-state index contributed by atoms with van der Waals surface area (Å²) in [6.07, 6.45) is 0.784. The smallest absolute Gasteiger partial charge is 0.231 e. The molecule has 104 valence electrons. The van der Waals surface area contributed by atoms with Crippen LogP contribution >= 0.6 is 45.8 Å². The van der Waals surface area contributed by atoms with Crippen molar-refractivity contribution in [2.75, 3.05) is 6.79 Å². The Bertz CT molecular complexity index is 686. The first kappa shape index (κ1) is 14.2. The van der Waals surface area contributed by atoms with Crippen LogP contribution in [0.15, 0.2) is 12.1 Å². The van der Waals surface area contributed by atoms with Crippen LogP contribution in [0.25, 0.3) is 11.4 Å². The van der Waals surface area contributed by atoms with Crippen LogP contribution in [0.4, 0.5) is 0 Å². The molecule has 0 saturated carbocycles. The van der Waals surface area contributed by atoms with Gasteiger partial charge in [0.2, 0.25) is 6.79 Å². The molecule has 1 aliphatic rings. The first-order valence-electron chi connectivity index (χ1n) is 5.91. The topological polar surface area (TPSA) is 44.2 Å². The maximum Gasteiger partial charge on any atom is 0.231 e. The van der Waals surface area contributed by atoms with Gasteiger partial charge in [-0.1, -0.05) is 30.1 Å².